The molecule has 3 aromatic rings. The molecule has 203 valence electrons. The predicted molar refractivity (Wildman–Crippen MR) is 150 cm³/mol. The average molecular weight is 679 g/mol. The summed E-state index contributed by atoms with van der Waals surface area (Å²) in [4.78, 5) is 4.79. The molecule has 0 bridgehead atoms. The van der Waals surface area contributed by atoms with Crippen molar-refractivity contribution in [3.8, 4) is 11.3 Å². The van der Waals surface area contributed by atoms with E-state index in [1.165, 1.54) is 23.8 Å². The van der Waals surface area contributed by atoms with Crippen molar-refractivity contribution < 1.29 is 30.3 Å². The number of benzene rings is 2. The fourth-order valence-electron chi connectivity index (χ4n) is 6.21. The number of hydrogen-bond acceptors (Lipinski definition) is 3. The first kappa shape index (κ1) is 30.0. The fraction of sp³-hybridized carbons (Fsp3) is 0.545. The van der Waals surface area contributed by atoms with Gasteiger partial charge in [0.2, 0.25) is 0 Å². The zero-order valence-corrected chi connectivity index (χ0v) is 25.9. The molecule has 1 radical (unpaired) electrons. The van der Waals surface area contributed by atoms with Crippen molar-refractivity contribution in [1.29, 1.82) is 0 Å². The second-order valence-electron chi connectivity index (χ2n) is 13.4. The largest absolute Gasteiger partial charge is 0.392 e. The number of aliphatic hydroxyl groups excluding tert-OH is 2. The van der Waals surface area contributed by atoms with Gasteiger partial charge in [-0.15, -0.1) is 35.9 Å². The van der Waals surface area contributed by atoms with Crippen LogP contribution in [0.4, 0.5) is 0 Å². The minimum Gasteiger partial charge on any atom is -0.392 e. The number of aliphatic hydroxyl groups is 2. The minimum atomic E-state index is -0.350. The standard InChI is InChI=1S/C19H18N.C14H26O2.Ir/c1-19(2,3)16-11-9-15-10-12-17(20-18(15)13-16)14-7-5-4-6-8-14;1-13(2)7-5-6-9-8-14(3,4)12(16)10(9)11(13)15;/h4-7,9-13H,1-3H3;9-12,15-16H,5-8H2,1-4H3;/q-1;;. The third-order valence-corrected chi connectivity index (χ3v) is 8.60. The SMILES string of the molecule is CC(C)(C)c1ccc2ccc(-c3[c-]cccc3)nc2c1.CC1(C)CCCC2CC(C)(C)C(O)C2C1O.[Ir]. The van der Waals surface area contributed by atoms with Gasteiger partial charge in [0, 0.05) is 26.0 Å². The Morgan fingerprint density at radius 2 is 1.59 bits per heavy atom. The first-order valence-corrected chi connectivity index (χ1v) is 13.5. The first-order valence-electron chi connectivity index (χ1n) is 13.5. The Morgan fingerprint density at radius 1 is 0.919 bits per heavy atom. The number of hydrogen-bond donors (Lipinski definition) is 2. The van der Waals surface area contributed by atoms with Crippen LogP contribution in [0.2, 0.25) is 0 Å². The molecule has 4 unspecified atom stereocenters. The second kappa shape index (κ2) is 11.3. The van der Waals surface area contributed by atoms with Crippen LogP contribution in [0.1, 0.15) is 79.7 Å². The van der Waals surface area contributed by atoms with E-state index in [2.05, 4.69) is 84.9 Å². The molecule has 0 spiro atoms. The van der Waals surface area contributed by atoms with E-state index >= 15 is 0 Å². The molecule has 37 heavy (non-hydrogen) atoms. The van der Waals surface area contributed by atoms with Gasteiger partial charge in [0.05, 0.1) is 17.7 Å². The number of fused-ring (bicyclic) bond motifs is 2. The van der Waals surface area contributed by atoms with E-state index in [1.54, 1.807) is 0 Å². The van der Waals surface area contributed by atoms with Crippen LogP contribution >= 0.6 is 0 Å². The van der Waals surface area contributed by atoms with Crippen molar-refractivity contribution in [2.75, 3.05) is 0 Å². The number of rotatable bonds is 1. The van der Waals surface area contributed by atoms with Crippen molar-refractivity contribution in [2.45, 2.75) is 91.8 Å². The van der Waals surface area contributed by atoms with Gasteiger partial charge in [-0.05, 0) is 64.1 Å². The Labute approximate surface area is 237 Å². The van der Waals surface area contributed by atoms with Crippen molar-refractivity contribution in [3.63, 3.8) is 0 Å². The second-order valence-corrected chi connectivity index (χ2v) is 13.4. The van der Waals surface area contributed by atoms with Crippen LogP contribution in [0.25, 0.3) is 22.2 Å². The molecule has 2 aromatic carbocycles. The Balaban J connectivity index is 0.000000205. The normalized spacial score (nSPS) is 26.3. The predicted octanol–water partition coefficient (Wildman–Crippen LogP) is 7.58. The number of aromatic nitrogens is 1. The van der Waals surface area contributed by atoms with Crippen molar-refractivity contribution in [3.05, 3.63) is 66.2 Å². The van der Waals surface area contributed by atoms with Gasteiger partial charge in [0.1, 0.15) is 0 Å². The Bertz CT molecular complexity index is 1180. The topological polar surface area (TPSA) is 53.4 Å². The molecular formula is C33H44IrNO2-. The van der Waals surface area contributed by atoms with Gasteiger partial charge in [-0.3, -0.25) is 4.98 Å². The summed E-state index contributed by atoms with van der Waals surface area (Å²) < 4.78 is 0. The van der Waals surface area contributed by atoms with Crippen molar-refractivity contribution in [2.24, 2.45) is 22.7 Å². The summed E-state index contributed by atoms with van der Waals surface area (Å²) in [7, 11) is 0. The van der Waals surface area contributed by atoms with Gasteiger partial charge in [-0.2, -0.15) is 0 Å². The molecule has 5 rings (SSSR count). The molecule has 1 heterocycles. The maximum atomic E-state index is 10.5. The molecule has 2 saturated carbocycles. The molecule has 1 aromatic heterocycles. The van der Waals surface area contributed by atoms with E-state index in [-0.39, 0.29) is 54.5 Å². The Hall–Kier alpha value is -1.58. The summed E-state index contributed by atoms with van der Waals surface area (Å²) in [5.74, 6) is 0.606. The smallest absolute Gasteiger partial charge is 0.0646 e. The average Bonchev–Trinajstić information content (AvgIpc) is 2.98. The van der Waals surface area contributed by atoms with Gasteiger partial charge in [-0.25, -0.2) is 0 Å². The van der Waals surface area contributed by atoms with E-state index in [0.717, 1.165) is 29.6 Å². The molecule has 4 atom stereocenters. The van der Waals surface area contributed by atoms with Gasteiger partial charge < -0.3 is 10.2 Å². The van der Waals surface area contributed by atoms with E-state index in [9.17, 15) is 10.2 Å². The van der Waals surface area contributed by atoms with E-state index < -0.39 is 0 Å². The molecule has 4 heteroatoms. The number of pyridine rings is 1. The Morgan fingerprint density at radius 3 is 2.24 bits per heavy atom. The molecule has 2 fully saturated rings. The van der Waals surface area contributed by atoms with Crippen LogP contribution in [-0.2, 0) is 25.5 Å². The fourth-order valence-corrected chi connectivity index (χ4v) is 6.21. The summed E-state index contributed by atoms with van der Waals surface area (Å²) in [5.41, 5.74) is 4.45. The third-order valence-electron chi connectivity index (χ3n) is 8.60. The molecule has 2 N–H and O–H groups in total. The van der Waals surface area contributed by atoms with Crippen LogP contribution in [0.5, 0.6) is 0 Å². The monoisotopic (exact) mass is 679 g/mol. The van der Waals surface area contributed by atoms with Gasteiger partial charge >= 0.3 is 0 Å². The maximum absolute atomic E-state index is 10.5. The third kappa shape index (κ3) is 6.53. The van der Waals surface area contributed by atoms with E-state index in [0.29, 0.717) is 5.92 Å². The minimum absolute atomic E-state index is 0. The molecule has 2 aliphatic carbocycles. The maximum Gasteiger partial charge on any atom is 0.0646 e. The quantitative estimate of drug-likeness (QED) is 0.261. The molecule has 0 amide bonds. The van der Waals surface area contributed by atoms with Gasteiger partial charge in [0.25, 0.3) is 0 Å². The molecular weight excluding hydrogens is 635 g/mol. The summed E-state index contributed by atoms with van der Waals surface area (Å²) in [5, 5.41) is 22.1. The summed E-state index contributed by atoms with van der Waals surface area (Å²) in [6, 6.07) is 21.9. The van der Waals surface area contributed by atoms with Gasteiger partial charge in [-0.1, -0.05) is 79.2 Å². The zero-order valence-electron chi connectivity index (χ0n) is 23.5. The van der Waals surface area contributed by atoms with Crippen LogP contribution in [-0.4, -0.2) is 27.4 Å². The van der Waals surface area contributed by atoms with Crippen LogP contribution in [0.15, 0.2) is 54.6 Å². The molecule has 2 aliphatic rings. The molecule has 0 saturated heterocycles. The van der Waals surface area contributed by atoms with Crippen LogP contribution in [0.3, 0.4) is 0 Å². The first-order chi connectivity index (χ1) is 16.8. The van der Waals surface area contributed by atoms with Crippen LogP contribution < -0.4 is 0 Å². The van der Waals surface area contributed by atoms with Crippen LogP contribution in [0, 0.1) is 28.7 Å². The van der Waals surface area contributed by atoms with Crippen molar-refractivity contribution >= 4 is 10.9 Å². The molecule has 0 aliphatic heterocycles. The van der Waals surface area contributed by atoms with Crippen molar-refractivity contribution in [1.82, 2.24) is 4.98 Å². The summed E-state index contributed by atoms with van der Waals surface area (Å²) >= 11 is 0. The molecule has 3 nitrogen and oxygen atoms in total. The van der Waals surface area contributed by atoms with Gasteiger partial charge in [0.15, 0.2) is 0 Å². The Kier molecular flexibility index (Phi) is 9.12. The summed E-state index contributed by atoms with van der Waals surface area (Å²) in [6.07, 6.45) is 3.81. The summed E-state index contributed by atoms with van der Waals surface area (Å²) in [6.45, 7) is 15.2. The zero-order chi connectivity index (χ0) is 26.3. The van der Waals surface area contributed by atoms with E-state index in [1.807, 2.05) is 24.3 Å². The van der Waals surface area contributed by atoms with E-state index in [4.69, 9.17) is 4.98 Å². The number of nitrogens with zero attached hydrogens (tertiary/aromatic N) is 1.